The first kappa shape index (κ1) is 29.0. The molecule has 1 saturated carbocycles. The van der Waals surface area contributed by atoms with Crippen molar-refractivity contribution in [2.75, 3.05) is 0 Å². The van der Waals surface area contributed by atoms with Gasteiger partial charge in [0.25, 0.3) is 0 Å². The zero-order chi connectivity index (χ0) is 29.5. The highest BCUT2D eigenvalue weighted by Crippen LogP contribution is 2.41. The van der Waals surface area contributed by atoms with Crippen LogP contribution in [0, 0.1) is 24.1 Å². The highest BCUT2D eigenvalue weighted by molar-refractivity contribution is 6.74. The van der Waals surface area contributed by atoms with Gasteiger partial charge in [-0.2, -0.15) is 15.5 Å². The first-order valence-corrected chi connectivity index (χ1v) is 17.2. The van der Waals surface area contributed by atoms with Crippen LogP contribution in [0.3, 0.4) is 0 Å². The van der Waals surface area contributed by atoms with Crippen molar-refractivity contribution < 1.29 is 13.6 Å². The van der Waals surface area contributed by atoms with Crippen LogP contribution in [0.15, 0.2) is 42.9 Å². The Morgan fingerprint density at radius 3 is 2.49 bits per heavy atom. The lowest BCUT2D eigenvalue weighted by Gasteiger charge is -2.41. The summed E-state index contributed by atoms with van der Waals surface area (Å²) in [7, 11) is -1.80. The van der Waals surface area contributed by atoms with Crippen molar-refractivity contribution in [3.8, 4) is 23.1 Å². The molecule has 41 heavy (non-hydrogen) atoms. The molecule has 1 atom stereocenters. The summed E-state index contributed by atoms with van der Waals surface area (Å²) in [6, 6.07) is 9.22. The predicted molar refractivity (Wildman–Crippen MR) is 159 cm³/mol. The molecule has 0 aromatic carbocycles. The Morgan fingerprint density at radius 1 is 1.12 bits per heavy atom. The predicted octanol–water partition coefficient (Wildman–Crippen LogP) is 7.56. The molecular weight excluding hydrogens is 535 g/mol. The van der Waals surface area contributed by atoms with Crippen LogP contribution in [0.5, 0.6) is 5.75 Å². The molecule has 4 aromatic rings. The standard InChI is InChI=1S/C31H39FN6O2Si/c1-20-26(19-35-38(20)23-11-13-24(14-12-23)40-41(6,7)31(3,4)5)29-25(17-33)30-28(9-8-16-37(30)36-29)39-21(2)27-15-10-22(32)18-34-27/h8-10,15-16,18-19,21,23-24H,11-14H2,1-7H3/t21-,23?,24?/m1/s1. The van der Waals surface area contributed by atoms with E-state index in [2.05, 4.69) is 49.6 Å². The summed E-state index contributed by atoms with van der Waals surface area (Å²) in [5.41, 5.74) is 4.00. The molecule has 0 spiro atoms. The molecule has 0 amide bonds. The third-order valence-corrected chi connectivity index (χ3v) is 13.3. The van der Waals surface area contributed by atoms with Crippen LogP contribution in [0.25, 0.3) is 16.8 Å². The van der Waals surface area contributed by atoms with Gasteiger partial charge in [0.1, 0.15) is 40.5 Å². The minimum Gasteiger partial charge on any atom is -0.482 e. The fourth-order valence-corrected chi connectivity index (χ4v) is 6.79. The van der Waals surface area contributed by atoms with Gasteiger partial charge in [-0.3, -0.25) is 9.67 Å². The molecule has 4 aromatic heterocycles. The Kier molecular flexibility index (Phi) is 7.79. The second kappa shape index (κ2) is 11.0. The molecular formula is C31H39FN6O2Si. The Balaban J connectivity index is 1.38. The molecule has 8 nitrogen and oxygen atoms in total. The van der Waals surface area contributed by atoms with Gasteiger partial charge in [0.05, 0.1) is 24.1 Å². The summed E-state index contributed by atoms with van der Waals surface area (Å²) < 4.78 is 30.0. The van der Waals surface area contributed by atoms with Crippen LogP contribution in [0.4, 0.5) is 4.39 Å². The number of rotatable bonds is 7. The largest absolute Gasteiger partial charge is 0.482 e. The van der Waals surface area contributed by atoms with Crippen LogP contribution in [-0.4, -0.2) is 38.8 Å². The molecule has 5 rings (SSSR count). The fraction of sp³-hybridized carbons (Fsp3) is 0.484. The summed E-state index contributed by atoms with van der Waals surface area (Å²) in [6.07, 6.45) is 8.69. The summed E-state index contributed by atoms with van der Waals surface area (Å²) >= 11 is 0. The van der Waals surface area contributed by atoms with Gasteiger partial charge in [0, 0.05) is 23.6 Å². The van der Waals surface area contributed by atoms with Crippen molar-refractivity contribution in [2.45, 2.75) is 96.7 Å². The van der Waals surface area contributed by atoms with Crippen molar-refractivity contribution in [3.05, 3.63) is 65.6 Å². The Hall–Kier alpha value is -3.55. The molecule has 0 saturated heterocycles. The van der Waals surface area contributed by atoms with E-state index in [1.54, 1.807) is 16.8 Å². The molecule has 1 aliphatic rings. The van der Waals surface area contributed by atoms with Gasteiger partial charge in [-0.05, 0) is 81.9 Å². The van der Waals surface area contributed by atoms with E-state index in [9.17, 15) is 9.65 Å². The third-order valence-electron chi connectivity index (χ3n) is 8.76. The van der Waals surface area contributed by atoms with Crippen molar-refractivity contribution in [1.82, 2.24) is 24.4 Å². The smallest absolute Gasteiger partial charge is 0.192 e. The number of fused-ring (bicyclic) bond motifs is 1. The zero-order valence-electron chi connectivity index (χ0n) is 25.0. The van der Waals surface area contributed by atoms with Crippen LogP contribution in [0.1, 0.15) is 82.5 Å². The Labute approximate surface area is 242 Å². The second-order valence-corrected chi connectivity index (χ2v) is 17.3. The van der Waals surface area contributed by atoms with Gasteiger partial charge < -0.3 is 9.16 Å². The maximum Gasteiger partial charge on any atom is 0.192 e. The van der Waals surface area contributed by atoms with Crippen molar-refractivity contribution in [3.63, 3.8) is 0 Å². The number of nitriles is 1. The highest BCUT2D eigenvalue weighted by Gasteiger charge is 2.40. The average Bonchev–Trinajstić information content (AvgIpc) is 3.49. The van der Waals surface area contributed by atoms with Crippen molar-refractivity contribution >= 4 is 13.8 Å². The first-order chi connectivity index (χ1) is 19.4. The minimum absolute atomic E-state index is 0.199. The van der Waals surface area contributed by atoms with Gasteiger partial charge >= 0.3 is 0 Å². The van der Waals surface area contributed by atoms with Crippen LogP contribution in [0.2, 0.25) is 18.1 Å². The molecule has 216 valence electrons. The quantitative estimate of drug-likeness (QED) is 0.212. The van der Waals surface area contributed by atoms with E-state index in [4.69, 9.17) is 19.4 Å². The number of pyridine rings is 2. The zero-order valence-corrected chi connectivity index (χ0v) is 26.0. The van der Waals surface area contributed by atoms with E-state index in [0.717, 1.165) is 36.9 Å². The SMILES string of the molecule is Cc1c(-c2nn3cccc(O[C@H](C)c4ccc(F)cn4)c3c2C#N)cnn1C1CCC(O[Si](C)(C)C(C)(C)C)CC1. The number of nitrogens with zero attached hydrogens (tertiary/aromatic N) is 6. The van der Waals surface area contributed by atoms with Crippen LogP contribution >= 0.6 is 0 Å². The van der Waals surface area contributed by atoms with Crippen LogP contribution < -0.4 is 4.74 Å². The van der Waals surface area contributed by atoms with E-state index < -0.39 is 20.2 Å². The van der Waals surface area contributed by atoms with Crippen molar-refractivity contribution in [2.24, 2.45) is 0 Å². The maximum absolute atomic E-state index is 13.4. The molecule has 1 aliphatic carbocycles. The molecule has 0 N–H and O–H groups in total. The average molecular weight is 575 g/mol. The molecule has 0 radical (unpaired) electrons. The molecule has 0 unspecified atom stereocenters. The molecule has 0 aliphatic heterocycles. The van der Waals surface area contributed by atoms with E-state index in [1.807, 2.05) is 32.2 Å². The molecule has 0 bridgehead atoms. The lowest BCUT2D eigenvalue weighted by atomic mass is 9.93. The number of hydrogen-bond donors (Lipinski definition) is 0. The molecule has 4 heterocycles. The summed E-state index contributed by atoms with van der Waals surface area (Å²) in [5.74, 6) is 0.102. The van der Waals surface area contributed by atoms with E-state index in [-0.39, 0.29) is 11.1 Å². The second-order valence-electron chi connectivity index (χ2n) is 12.6. The number of halogens is 1. The molecule has 1 fully saturated rings. The Morgan fingerprint density at radius 2 is 1.85 bits per heavy atom. The van der Waals surface area contributed by atoms with Crippen LogP contribution in [-0.2, 0) is 4.43 Å². The number of hydrogen-bond acceptors (Lipinski definition) is 6. The van der Waals surface area contributed by atoms with Gasteiger partial charge in [-0.1, -0.05) is 20.8 Å². The van der Waals surface area contributed by atoms with Gasteiger partial charge in [0.2, 0.25) is 0 Å². The fourth-order valence-electron chi connectivity index (χ4n) is 5.36. The lowest BCUT2D eigenvalue weighted by Crippen LogP contribution is -2.44. The highest BCUT2D eigenvalue weighted by atomic mass is 28.4. The monoisotopic (exact) mass is 574 g/mol. The van der Waals surface area contributed by atoms with E-state index in [1.165, 1.54) is 12.3 Å². The first-order valence-electron chi connectivity index (χ1n) is 14.3. The summed E-state index contributed by atoms with van der Waals surface area (Å²) in [5, 5.41) is 20.0. The Bertz CT molecular complexity index is 1570. The normalized spacial score (nSPS) is 18.8. The summed E-state index contributed by atoms with van der Waals surface area (Å²) in [4.78, 5) is 4.14. The third kappa shape index (κ3) is 5.66. The number of aromatic nitrogens is 5. The topological polar surface area (TPSA) is 90.3 Å². The lowest BCUT2D eigenvalue weighted by molar-refractivity contribution is 0.115. The van der Waals surface area contributed by atoms with E-state index >= 15 is 0 Å². The minimum atomic E-state index is -1.80. The van der Waals surface area contributed by atoms with Gasteiger partial charge in [0.15, 0.2) is 8.32 Å². The maximum atomic E-state index is 13.4. The van der Waals surface area contributed by atoms with Crippen molar-refractivity contribution in [1.29, 1.82) is 5.26 Å². The number of ether oxygens (including phenoxy) is 1. The van der Waals surface area contributed by atoms with E-state index in [0.29, 0.717) is 34.3 Å². The van der Waals surface area contributed by atoms with Gasteiger partial charge in [-0.15, -0.1) is 0 Å². The molecule has 10 heteroatoms. The van der Waals surface area contributed by atoms with Gasteiger partial charge in [-0.25, -0.2) is 8.91 Å². The summed E-state index contributed by atoms with van der Waals surface area (Å²) in [6.45, 7) is 15.4.